The summed E-state index contributed by atoms with van der Waals surface area (Å²) in [7, 11) is 0. The van der Waals surface area contributed by atoms with Crippen LogP contribution in [-0.4, -0.2) is 67.7 Å². The van der Waals surface area contributed by atoms with E-state index >= 15 is 0 Å². The fraction of sp³-hybridized carbons (Fsp3) is 0.323. The molecule has 6 rings (SSSR count). The Bertz CT molecular complexity index is 2660. The first-order chi connectivity index (χ1) is 35.8. The molecule has 4 atom stereocenters. The summed E-state index contributed by atoms with van der Waals surface area (Å²) in [5.74, 6) is -1.50. The average molecular weight is 1090 g/mol. The van der Waals surface area contributed by atoms with Crippen molar-refractivity contribution in [2.24, 2.45) is 17.6 Å². The summed E-state index contributed by atoms with van der Waals surface area (Å²) in [5, 5.41) is 2.50. The van der Waals surface area contributed by atoms with Gasteiger partial charge in [-0.15, -0.1) is 0 Å². The van der Waals surface area contributed by atoms with Crippen molar-refractivity contribution >= 4 is 69.8 Å². The van der Waals surface area contributed by atoms with Gasteiger partial charge < -0.3 is 20.5 Å². The third-order valence-corrected chi connectivity index (χ3v) is 14.3. The Kier molecular flexibility index (Phi) is 28.3. The molecule has 0 radical (unpaired) electrons. The van der Waals surface area contributed by atoms with E-state index in [1.807, 2.05) is 133 Å². The maximum atomic E-state index is 13.6. The Morgan fingerprint density at radius 2 is 0.816 bits per heavy atom. The van der Waals surface area contributed by atoms with Gasteiger partial charge in [0.1, 0.15) is 13.2 Å². The van der Waals surface area contributed by atoms with Gasteiger partial charge in [-0.05, 0) is 58.8 Å². The molecule has 3 N–H and O–H groups in total. The maximum Gasteiger partial charge on any atom is 0.310 e. The van der Waals surface area contributed by atoms with Crippen LogP contribution < -0.4 is 11.1 Å². The van der Waals surface area contributed by atoms with Gasteiger partial charge in [0.15, 0.2) is 11.6 Å². The monoisotopic (exact) mass is 1090 g/mol. The Balaban J connectivity index is 0.000000346. The molecular formula is C62H72ClFN2O8S2. The Labute approximate surface area is 462 Å². The molecule has 0 fully saturated rings. The van der Waals surface area contributed by atoms with Crippen molar-refractivity contribution in [3.8, 4) is 0 Å². The number of esters is 2. The molecule has 0 spiro atoms. The molecule has 10 nitrogen and oxygen atoms in total. The minimum atomic E-state index is -0.765. The SMILES string of the molecule is CC(C)(C)SC[C@H](CC(=O)[C@@H](N)Cc1ccccc1)C(=O)OCc1ccccc1.CC(C)(C)SC[C@H](CC(=O)[C@H](Cc1ccccc1)NC(=O)c1ccccc1)C(=O)OCc1ccccc1.F.O=C(Cl)c1ccccc1. The van der Waals surface area contributed by atoms with Crippen molar-refractivity contribution in [2.45, 2.75) is 102 Å². The minimum absolute atomic E-state index is 0. The van der Waals surface area contributed by atoms with E-state index in [0.29, 0.717) is 35.5 Å². The second-order valence-corrected chi connectivity index (χ2v) is 23.8. The predicted octanol–water partition coefficient (Wildman–Crippen LogP) is 12.5. The molecule has 404 valence electrons. The molecule has 0 saturated heterocycles. The summed E-state index contributed by atoms with van der Waals surface area (Å²) in [6, 6.07) is 54.5. The third-order valence-electron chi connectivity index (χ3n) is 11.2. The zero-order chi connectivity index (χ0) is 54.6. The molecule has 0 unspecified atom stereocenters. The van der Waals surface area contributed by atoms with E-state index in [0.717, 1.165) is 22.3 Å². The van der Waals surface area contributed by atoms with Crippen LogP contribution in [0.2, 0.25) is 0 Å². The highest BCUT2D eigenvalue weighted by molar-refractivity contribution is 8.00. The molecule has 0 aliphatic heterocycles. The maximum absolute atomic E-state index is 13.6. The number of carbonyl (C=O) groups excluding carboxylic acids is 6. The molecule has 6 aromatic carbocycles. The Morgan fingerprint density at radius 1 is 0.487 bits per heavy atom. The van der Waals surface area contributed by atoms with Crippen LogP contribution in [0.15, 0.2) is 182 Å². The highest BCUT2D eigenvalue weighted by Gasteiger charge is 2.31. The van der Waals surface area contributed by atoms with Gasteiger partial charge in [-0.25, -0.2) is 0 Å². The van der Waals surface area contributed by atoms with Crippen LogP contribution in [0.5, 0.6) is 0 Å². The van der Waals surface area contributed by atoms with Crippen LogP contribution in [0.25, 0.3) is 0 Å². The second-order valence-electron chi connectivity index (χ2n) is 19.8. The Hall–Kier alpha value is -6.38. The van der Waals surface area contributed by atoms with Gasteiger partial charge in [0.25, 0.3) is 11.1 Å². The van der Waals surface area contributed by atoms with Gasteiger partial charge >= 0.3 is 11.9 Å². The third kappa shape index (κ3) is 25.9. The fourth-order valence-electron chi connectivity index (χ4n) is 7.07. The smallest absolute Gasteiger partial charge is 0.310 e. The molecule has 0 aromatic heterocycles. The highest BCUT2D eigenvalue weighted by atomic mass is 35.5. The van der Waals surface area contributed by atoms with Gasteiger partial charge in [0, 0.05) is 45.0 Å². The molecule has 0 bridgehead atoms. The van der Waals surface area contributed by atoms with Gasteiger partial charge in [-0.3, -0.25) is 33.5 Å². The molecule has 1 amide bonds. The first-order valence-electron chi connectivity index (χ1n) is 24.9. The zero-order valence-electron chi connectivity index (χ0n) is 44.2. The summed E-state index contributed by atoms with van der Waals surface area (Å²) in [6.07, 6.45) is 0.905. The number of nitrogens with two attached hydrogens (primary N) is 1. The molecule has 76 heavy (non-hydrogen) atoms. The Morgan fingerprint density at radius 3 is 1.17 bits per heavy atom. The normalized spacial score (nSPS) is 12.5. The molecule has 0 aliphatic carbocycles. The summed E-state index contributed by atoms with van der Waals surface area (Å²) < 4.78 is 11.0. The van der Waals surface area contributed by atoms with Crippen molar-refractivity contribution in [2.75, 3.05) is 11.5 Å². The summed E-state index contributed by atoms with van der Waals surface area (Å²) in [6.45, 7) is 12.9. The number of rotatable bonds is 23. The highest BCUT2D eigenvalue weighted by Crippen LogP contribution is 2.29. The molecule has 6 aromatic rings. The van der Waals surface area contributed by atoms with Crippen molar-refractivity contribution in [3.63, 3.8) is 0 Å². The van der Waals surface area contributed by atoms with Gasteiger partial charge in [0.2, 0.25) is 0 Å². The van der Waals surface area contributed by atoms with Gasteiger partial charge in [-0.1, -0.05) is 211 Å². The lowest BCUT2D eigenvalue weighted by Crippen LogP contribution is -2.43. The van der Waals surface area contributed by atoms with Crippen LogP contribution in [0.4, 0.5) is 4.70 Å². The number of halogens is 2. The standard InChI is InChI=1S/C31H35NO4S.C24H31NO3S.C7H5ClO.FH/c1-31(2,3)37-22-26(30(35)36-21-24-15-9-5-10-16-24)20-28(33)27(19-23-13-7-4-8-14-23)32-29(34)25-17-11-6-12-18-25;1-24(2,3)29-17-20(23(27)28-16-19-12-8-5-9-13-19)15-22(26)21(25)14-18-10-6-4-7-11-18;8-7(9)6-4-2-1-3-5-6;/h4-18,26-27H,19-22H2,1-3H3,(H,32,34);4-13,20-21H,14-17,25H2,1-3H3;1-5H;1H/t26-,27-;20-,21-;;/m00../s1. The van der Waals surface area contributed by atoms with Gasteiger partial charge in [0.05, 0.1) is 23.9 Å². The number of amides is 1. The largest absolute Gasteiger partial charge is 0.461 e. The number of Topliss-reactive ketones (excluding diaryl/α,β-unsaturated/α-hetero) is 2. The lowest BCUT2D eigenvalue weighted by molar-refractivity contribution is -0.151. The number of carbonyl (C=O) groups is 6. The van der Waals surface area contributed by atoms with Crippen molar-refractivity contribution in [3.05, 3.63) is 215 Å². The van der Waals surface area contributed by atoms with E-state index in [2.05, 4.69) is 46.9 Å². The quantitative estimate of drug-likeness (QED) is 0.0464. The van der Waals surface area contributed by atoms with Crippen molar-refractivity contribution in [1.82, 2.24) is 5.32 Å². The number of benzene rings is 6. The fourth-order valence-corrected chi connectivity index (χ4v) is 9.11. The summed E-state index contributed by atoms with van der Waals surface area (Å²) in [5.41, 5.74) is 10.9. The number of nitrogens with one attached hydrogen (secondary N) is 1. The average Bonchev–Trinajstić information content (AvgIpc) is 3.40. The molecule has 0 heterocycles. The first kappa shape index (κ1) is 63.9. The van der Waals surface area contributed by atoms with Crippen molar-refractivity contribution < 1.29 is 42.9 Å². The molecular weight excluding hydrogens is 1020 g/mol. The van der Waals surface area contributed by atoms with E-state index in [4.69, 9.17) is 26.8 Å². The number of thioether (sulfide) groups is 2. The van der Waals surface area contributed by atoms with Crippen LogP contribution >= 0.6 is 35.1 Å². The van der Waals surface area contributed by atoms with E-state index in [9.17, 15) is 28.8 Å². The number of ketones is 2. The predicted molar refractivity (Wildman–Crippen MR) is 308 cm³/mol. The first-order valence-corrected chi connectivity index (χ1v) is 27.3. The van der Waals surface area contributed by atoms with E-state index in [1.165, 1.54) is 0 Å². The zero-order valence-corrected chi connectivity index (χ0v) is 46.6. The number of hydrogen-bond acceptors (Lipinski definition) is 11. The van der Waals surface area contributed by atoms with Gasteiger partial charge in [-0.2, -0.15) is 23.5 Å². The minimum Gasteiger partial charge on any atom is -0.461 e. The molecule has 0 aliphatic rings. The summed E-state index contributed by atoms with van der Waals surface area (Å²) in [4.78, 5) is 75.5. The molecule has 14 heteroatoms. The van der Waals surface area contributed by atoms with Crippen LogP contribution in [0, 0.1) is 11.8 Å². The lowest BCUT2D eigenvalue weighted by atomic mass is 9.95. The topological polar surface area (TPSA) is 159 Å². The second kappa shape index (κ2) is 33.6. The summed E-state index contributed by atoms with van der Waals surface area (Å²) >= 11 is 8.44. The number of ether oxygens (including phenoxy) is 2. The van der Waals surface area contributed by atoms with E-state index < -0.39 is 35.1 Å². The number of hydrogen-bond donors (Lipinski definition) is 2. The van der Waals surface area contributed by atoms with Crippen LogP contribution in [0.3, 0.4) is 0 Å². The van der Waals surface area contributed by atoms with Crippen molar-refractivity contribution in [1.29, 1.82) is 0 Å². The van der Waals surface area contributed by atoms with Crippen LogP contribution in [-0.2, 0) is 54.7 Å². The van der Waals surface area contributed by atoms with E-state index in [-0.39, 0.29) is 63.7 Å². The lowest BCUT2D eigenvalue weighted by Gasteiger charge is -2.24. The molecule has 0 saturated carbocycles. The van der Waals surface area contributed by atoms with Crippen LogP contribution in [0.1, 0.15) is 97.4 Å². The van der Waals surface area contributed by atoms with E-state index in [1.54, 1.807) is 72.1 Å².